The van der Waals surface area contributed by atoms with Crippen molar-refractivity contribution in [1.29, 1.82) is 0 Å². The van der Waals surface area contributed by atoms with Crippen LogP contribution in [0.5, 0.6) is 5.75 Å². The molecule has 0 bridgehead atoms. The molecule has 4 aromatic rings. The Morgan fingerprint density at radius 2 is 1.91 bits per heavy atom. The van der Waals surface area contributed by atoms with Crippen LogP contribution < -0.4 is 4.74 Å². The highest BCUT2D eigenvalue weighted by molar-refractivity contribution is 8.03. The molecule has 0 aliphatic heterocycles. The molecule has 32 heavy (non-hydrogen) atoms. The van der Waals surface area contributed by atoms with Crippen molar-refractivity contribution >= 4 is 34.6 Å². The number of aryl methyl sites for hydroxylation is 1. The first-order valence-electron chi connectivity index (χ1n) is 9.88. The largest absolute Gasteiger partial charge is 0.488 e. The second-order valence-electron chi connectivity index (χ2n) is 6.81. The summed E-state index contributed by atoms with van der Waals surface area (Å²) in [7, 11) is 0. The fourth-order valence-electron chi connectivity index (χ4n) is 3.10. The number of carbonyl (C=O) groups is 1. The number of aliphatic carboxylic acids is 1. The number of hydrogen-bond acceptors (Lipinski definition) is 6. The zero-order valence-corrected chi connectivity index (χ0v) is 17.9. The smallest absolute Gasteiger partial charge is 0.342 e. The van der Waals surface area contributed by atoms with Crippen LogP contribution in [0.25, 0.3) is 16.8 Å². The van der Waals surface area contributed by atoms with Gasteiger partial charge >= 0.3 is 5.97 Å². The van der Waals surface area contributed by atoms with Crippen molar-refractivity contribution in [2.75, 3.05) is 0 Å². The molecule has 4 rings (SSSR count). The van der Waals surface area contributed by atoms with Gasteiger partial charge in [0.1, 0.15) is 23.1 Å². The molecular formula is C24H19FN2O4S. The molecule has 0 amide bonds. The van der Waals surface area contributed by atoms with E-state index >= 15 is 0 Å². The lowest BCUT2D eigenvalue weighted by atomic mass is 10.0. The summed E-state index contributed by atoms with van der Waals surface area (Å²) >= 11 is 0.868. The summed E-state index contributed by atoms with van der Waals surface area (Å²) in [6.07, 6.45) is 2.07. The maximum Gasteiger partial charge on any atom is 0.342 e. The van der Waals surface area contributed by atoms with E-state index in [9.17, 15) is 14.3 Å². The van der Waals surface area contributed by atoms with E-state index in [1.165, 1.54) is 12.1 Å². The topological polar surface area (TPSA) is 85.5 Å². The van der Waals surface area contributed by atoms with Crippen LogP contribution in [0, 0.1) is 5.82 Å². The van der Waals surface area contributed by atoms with Crippen LogP contribution in [0.3, 0.4) is 0 Å². The van der Waals surface area contributed by atoms with E-state index in [0.717, 1.165) is 22.5 Å². The van der Waals surface area contributed by atoms with E-state index in [1.54, 1.807) is 24.3 Å². The third-order valence-electron chi connectivity index (χ3n) is 4.71. The molecule has 0 aliphatic rings. The standard InChI is InChI=1S/C24H19FN2O4S/c1-2-22-26-27-24(31-22)32-21(23(28)29)13-18-17-9-5-3-7-15(17)11-12-20(18)30-14-16-8-4-6-10-19(16)25/h3-13H,2,14H2,1H3,(H,28,29)/b21-13-. The SMILES string of the molecule is CCc1nnc(S/C(=C\c2c(OCc3ccccc3F)ccc3ccccc23)C(=O)O)o1. The summed E-state index contributed by atoms with van der Waals surface area (Å²) in [6.45, 7) is 1.87. The predicted molar refractivity (Wildman–Crippen MR) is 120 cm³/mol. The number of fused-ring (bicyclic) bond motifs is 1. The Balaban J connectivity index is 1.74. The summed E-state index contributed by atoms with van der Waals surface area (Å²) in [5.41, 5.74) is 0.973. The molecule has 0 saturated heterocycles. The van der Waals surface area contributed by atoms with Gasteiger partial charge in [0, 0.05) is 17.5 Å². The molecule has 8 heteroatoms. The average molecular weight is 450 g/mol. The number of carboxylic acids is 1. The van der Waals surface area contributed by atoms with Crippen LogP contribution in [0.2, 0.25) is 0 Å². The molecule has 0 aliphatic carbocycles. The molecule has 0 radical (unpaired) electrons. The van der Waals surface area contributed by atoms with Gasteiger partial charge in [-0.1, -0.05) is 55.5 Å². The predicted octanol–water partition coefficient (Wildman–Crippen LogP) is 5.72. The lowest BCUT2D eigenvalue weighted by Gasteiger charge is -2.13. The molecular weight excluding hydrogens is 431 g/mol. The van der Waals surface area contributed by atoms with E-state index < -0.39 is 5.97 Å². The van der Waals surface area contributed by atoms with Crippen molar-refractivity contribution < 1.29 is 23.4 Å². The highest BCUT2D eigenvalue weighted by Gasteiger charge is 2.17. The third-order valence-corrected chi connectivity index (χ3v) is 5.56. The lowest BCUT2D eigenvalue weighted by molar-refractivity contribution is -0.131. The van der Waals surface area contributed by atoms with Gasteiger partial charge in [0.2, 0.25) is 5.89 Å². The number of rotatable bonds is 8. The molecule has 0 saturated carbocycles. The van der Waals surface area contributed by atoms with Gasteiger partial charge in [0.15, 0.2) is 0 Å². The monoisotopic (exact) mass is 450 g/mol. The summed E-state index contributed by atoms with van der Waals surface area (Å²) in [4.78, 5) is 12.0. The Kier molecular flexibility index (Phi) is 6.51. The number of hydrogen-bond donors (Lipinski definition) is 1. The molecule has 0 spiro atoms. The maximum absolute atomic E-state index is 14.0. The molecule has 1 aromatic heterocycles. The molecule has 0 atom stereocenters. The Morgan fingerprint density at radius 1 is 1.12 bits per heavy atom. The average Bonchev–Trinajstić information content (AvgIpc) is 3.26. The number of ether oxygens (including phenoxy) is 1. The van der Waals surface area contributed by atoms with Crippen LogP contribution in [-0.2, 0) is 17.8 Å². The summed E-state index contributed by atoms with van der Waals surface area (Å²) in [5.74, 6) is -0.642. The number of benzene rings is 3. The van der Waals surface area contributed by atoms with Gasteiger partial charge in [-0.3, -0.25) is 0 Å². The van der Waals surface area contributed by atoms with Crippen molar-refractivity contribution in [1.82, 2.24) is 10.2 Å². The lowest BCUT2D eigenvalue weighted by Crippen LogP contribution is -2.01. The van der Waals surface area contributed by atoms with Crippen LogP contribution >= 0.6 is 11.8 Å². The fraction of sp³-hybridized carbons (Fsp3) is 0.125. The van der Waals surface area contributed by atoms with Crippen molar-refractivity contribution in [3.63, 3.8) is 0 Å². The minimum atomic E-state index is -1.14. The minimum Gasteiger partial charge on any atom is -0.488 e. The zero-order chi connectivity index (χ0) is 22.5. The molecule has 0 unspecified atom stereocenters. The molecule has 6 nitrogen and oxygen atoms in total. The van der Waals surface area contributed by atoms with Gasteiger partial charge in [0.25, 0.3) is 5.22 Å². The fourth-order valence-corrected chi connectivity index (χ4v) is 3.78. The summed E-state index contributed by atoms with van der Waals surface area (Å²) < 4.78 is 25.4. The Bertz CT molecular complexity index is 1300. The van der Waals surface area contributed by atoms with Gasteiger partial charge in [-0.15, -0.1) is 10.2 Å². The van der Waals surface area contributed by atoms with Crippen molar-refractivity contribution in [3.05, 3.63) is 88.4 Å². The second-order valence-corrected chi connectivity index (χ2v) is 7.80. The van der Waals surface area contributed by atoms with Crippen molar-refractivity contribution in [2.24, 2.45) is 0 Å². The Hall–Kier alpha value is -3.65. The van der Waals surface area contributed by atoms with Crippen molar-refractivity contribution in [2.45, 2.75) is 25.2 Å². The van der Waals surface area contributed by atoms with Crippen molar-refractivity contribution in [3.8, 4) is 5.75 Å². The zero-order valence-electron chi connectivity index (χ0n) is 17.1. The maximum atomic E-state index is 14.0. The number of thioether (sulfide) groups is 1. The first kappa shape index (κ1) is 21.6. The Labute approximate surface area is 187 Å². The normalized spacial score (nSPS) is 11.6. The quantitative estimate of drug-likeness (QED) is 0.271. The van der Waals surface area contributed by atoms with E-state index in [1.807, 2.05) is 37.3 Å². The van der Waals surface area contributed by atoms with Gasteiger partial charge in [-0.2, -0.15) is 0 Å². The minimum absolute atomic E-state index is 0.00488. The van der Waals surface area contributed by atoms with E-state index in [4.69, 9.17) is 9.15 Å². The van der Waals surface area contributed by atoms with E-state index in [2.05, 4.69) is 10.2 Å². The van der Waals surface area contributed by atoms with Crippen LogP contribution in [0.1, 0.15) is 23.9 Å². The summed E-state index contributed by atoms with van der Waals surface area (Å²) in [5, 5.41) is 19.4. The molecule has 3 aromatic carbocycles. The number of nitrogens with zero attached hydrogens (tertiary/aromatic N) is 2. The highest BCUT2D eigenvalue weighted by atomic mass is 32.2. The van der Waals surface area contributed by atoms with E-state index in [0.29, 0.717) is 29.2 Å². The van der Waals surface area contributed by atoms with Crippen LogP contribution in [-0.4, -0.2) is 21.3 Å². The number of aromatic nitrogens is 2. The number of carboxylic acid groups (broad SMARTS) is 1. The van der Waals surface area contributed by atoms with Gasteiger partial charge < -0.3 is 14.3 Å². The third kappa shape index (κ3) is 4.81. The van der Waals surface area contributed by atoms with Crippen LogP contribution in [0.15, 0.2) is 75.2 Å². The number of halogens is 1. The summed E-state index contributed by atoms with van der Waals surface area (Å²) in [6, 6.07) is 17.5. The Morgan fingerprint density at radius 3 is 2.66 bits per heavy atom. The first-order valence-corrected chi connectivity index (χ1v) is 10.7. The van der Waals surface area contributed by atoms with Crippen LogP contribution in [0.4, 0.5) is 4.39 Å². The molecule has 1 N–H and O–H groups in total. The molecule has 1 heterocycles. The first-order chi connectivity index (χ1) is 15.5. The van der Waals surface area contributed by atoms with Gasteiger partial charge in [-0.25, -0.2) is 9.18 Å². The van der Waals surface area contributed by atoms with E-state index in [-0.39, 0.29) is 22.6 Å². The molecule has 162 valence electrons. The van der Waals surface area contributed by atoms with Gasteiger partial charge in [0.05, 0.1) is 0 Å². The second kappa shape index (κ2) is 9.65. The van der Waals surface area contributed by atoms with Gasteiger partial charge in [-0.05, 0) is 40.7 Å². The molecule has 0 fully saturated rings. The highest BCUT2D eigenvalue weighted by Crippen LogP contribution is 2.35.